The number of hydrogen-bond acceptors (Lipinski definition) is 4. The lowest BCUT2D eigenvalue weighted by Crippen LogP contribution is -2.34. The minimum atomic E-state index is -0.247. The van der Waals surface area contributed by atoms with Crippen molar-refractivity contribution in [2.75, 3.05) is 17.6 Å². The summed E-state index contributed by atoms with van der Waals surface area (Å²) in [6.45, 7) is 5.86. The molecule has 3 rings (SSSR count). The Morgan fingerprint density at radius 1 is 1.03 bits per heavy atom. The highest BCUT2D eigenvalue weighted by atomic mass is 32.2. The van der Waals surface area contributed by atoms with E-state index in [9.17, 15) is 9.59 Å². The molecular formula is C22H24N4O2S. The average molecular weight is 409 g/mol. The molecule has 0 aliphatic carbocycles. The fourth-order valence-corrected chi connectivity index (χ4v) is 3.74. The van der Waals surface area contributed by atoms with E-state index in [0.29, 0.717) is 5.16 Å². The first-order valence-corrected chi connectivity index (χ1v) is 10.3. The Morgan fingerprint density at radius 3 is 2.41 bits per heavy atom. The molecule has 2 aromatic carbocycles. The summed E-state index contributed by atoms with van der Waals surface area (Å²) in [6.07, 6.45) is 1.75. The van der Waals surface area contributed by atoms with E-state index in [1.165, 1.54) is 11.8 Å². The zero-order valence-electron chi connectivity index (χ0n) is 16.7. The molecule has 0 saturated carbocycles. The van der Waals surface area contributed by atoms with Crippen molar-refractivity contribution in [1.82, 2.24) is 15.3 Å². The van der Waals surface area contributed by atoms with E-state index < -0.39 is 0 Å². The summed E-state index contributed by atoms with van der Waals surface area (Å²) < 4.78 is 0. The van der Waals surface area contributed by atoms with Crippen LogP contribution in [0.5, 0.6) is 0 Å². The molecule has 1 aromatic heterocycles. The number of carbonyl (C=O) groups excluding carboxylic acids is 2. The van der Waals surface area contributed by atoms with Crippen molar-refractivity contribution in [2.24, 2.45) is 0 Å². The van der Waals surface area contributed by atoms with E-state index >= 15 is 0 Å². The van der Waals surface area contributed by atoms with E-state index in [4.69, 9.17) is 0 Å². The van der Waals surface area contributed by atoms with Crippen LogP contribution in [0.3, 0.4) is 0 Å². The maximum atomic E-state index is 12.2. The molecule has 0 radical (unpaired) electrons. The van der Waals surface area contributed by atoms with Gasteiger partial charge in [-0.25, -0.2) is 4.98 Å². The van der Waals surface area contributed by atoms with E-state index in [0.717, 1.165) is 33.6 Å². The molecule has 3 aromatic rings. The van der Waals surface area contributed by atoms with Crippen molar-refractivity contribution < 1.29 is 9.59 Å². The van der Waals surface area contributed by atoms with Crippen LogP contribution in [-0.4, -0.2) is 34.1 Å². The third kappa shape index (κ3) is 5.71. The highest BCUT2D eigenvalue weighted by Crippen LogP contribution is 2.22. The predicted molar refractivity (Wildman–Crippen MR) is 117 cm³/mol. The SMILES string of the molecule is Cc1cc(C)c(NC(=O)CNC(=O)CSc2ncc(-c3ccccc3)[nH]2)c(C)c1. The number of aromatic nitrogens is 2. The summed E-state index contributed by atoms with van der Waals surface area (Å²) in [7, 11) is 0. The first kappa shape index (κ1) is 20.7. The van der Waals surface area contributed by atoms with Gasteiger partial charge in [0.15, 0.2) is 5.16 Å². The van der Waals surface area contributed by atoms with Crippen LogP contribution in [0, 0.1) is 20.8 Å². The highest BCUT2D eigenvalue weighted by molar-refractivity contribution is 7.99. The highest BCUT2D eigenvalue weighted by Gasteiger charge is 2.11. The van der Waals surface area contributed by atoms with Crippen LogP contribution in [0.25, 0.3) is 11.3 Å². The van der Waals surface area contributed by atoms with Crippen LogP contribution in [0.4, 0.5) is 5.69 Å². The second-order valence-electron chi connectivity index (χ2n) is 6.86. The quantitative estimate of drug-likeness (QED) is 0.518. The second-order valence-corrected chi connectivity index (χ2v) is 7.82. The topological polar surface area (TPSA) is 86.9 Å². The second kappa shape index (κ2) is 9.43. The first-order valence-electron chi connectivity index (χ1n) is 9.30. The minimum Gasteiger partial charge on any atom is -0.346 e. The average Bonchev–Trinajstić information content (AvgIpc) is 3.17. The fourth-order valence-electron chi connectivity index (χ4n) is 3.07. The zero-order chi connectivity index (χ0) is 20.8. The van der Waals surface area contributed by atoms with E-state index in [-0.39, 0.29) is 24.1 Å². The molecule has 0 unspecified atom stereocenters. The molecule has 6 nitrogen and oxygen atoms in total. The molecule has 0 fully saturated rings. The number of rotatable bonds is 7. The molecule has 2 amide bonds. The number of imidazole rings is 1. The monoisotopic (exact) mass is 408 g/mol. The van der Waals surface area contributed by atoms with Gasteiger partial charge < -0.3 is 15.6 Å². The van der Waals surface area contributed by atoms with Crippen molar-refractivity contribution >= 4 is 29.3 Å². The number of thioether (sulfide) groups is 1. The smallest absolute Gasteiger partial charge is 0.243 e. The normalized spacial score (nSPS) is 10.6. The van der Waals surface area contributed by atoms with E-state index in [1.807, 2.05) is 63.2 Å². The number of benzene rings is 2. The number of anilines is 1. The Hall–Kier alpha value is -3.06. The standard InChI is InChI=1S/C22H24N4O2S/c1-14-9-15(2)21(16(3)10-14)26-19(27)12-23-20(28)13-29-22-24-11-18(25-22)17-7-5-4-6-8-17/h4-11H,12-13H2,1-3H3,(H,23,28)(H,24,25)(H,26,27). The number of carbonyl (C=O) groups is 2. The van der Waals surface area contributed by atoms with Crippen molar-refractivity contribution in [3.05, 3.63) is 65.4 Å². The third-order valence-corrected chi connectivity index (χ3v) is 5.25. The van der Waals surface area contributed by atoms with Crippen LogP contribution in [0.1, 0.15) is 16.7 Å². The van der Waals surface area contributed by atoms with Gasteiger partial charge >= 0.3 is 0 Å². The first-order chi connectivity index (χ1) is 13.9. The molecule has 7 heteroatoms. The van der Waals surface area contributed by atoms with Gasteiger partial charge in [0, 0.05) is 5.69 Å². The zero-order valence-corrected chi connectivity index (χ0v) is 17.5. The van der Waals surface area contributed by atoms with Gasteiger partial charge in [-0.15, -0.1) is 0 Å². The summed E-state index contributed by atoms with van der Waals surface area (Å²) in [4.78, 5) is 31.7. The fraction of sp³-hybridized carbons (Fsp3) is 0.227. The van der Waals surface area contributed by atoms with Gasteiger partial charge in [0.1, 0.15) is 0 Å². The summed E-state index contributed by atoms with van der Waals surface area (Å²) in [5, 5.41) is 6.19. The van der Waals surface area contributed by atoms with E-state index in [2.05, 4.69) is 20.6 Å². The summed E-state index contributed by atoms with van der Waals surface area (Å²) in [5.74, 6) is -0.291. The molecule has 0 bridgehead atoms. The van der Waals surface area contributed by atoms with Crippen molar-refractivity contribution in [3.8, 4) is 11.3 Å². The van der Waals surface area contributed by atoms with Gasteiger partial charge in [0.25, 0.3) is 0 Å². The molecule has 0 atom stereocenters. The van der Waals surface area contributed by atoms with Crippen LogP contribution in [0.2, 0.25) is 0 Å². The number of amides is 2. The lowest BCUT2D eigenvalue weighted by Gasteiger charge is -2.13. The molecule has 0 aliphatic rings. The minimum absolute atomic E-state index is 0.0699. The number of nitrogens with one attached hydrogen (secondary N) is 3. The lowest BCUT2D eigenvalue weighted by atomic mass is 10.1. The maximum absolute atomic E-state index is 12.2. The summed E-state index contributed by atoms with van der Waals surface area (Å²) >= 11 is 1.30. The molecule has 0 saturated heterocycles. The van der Waals surface area contributed by atoms with Crippen LogP contribution < -0.4 is 10.6 Å². The Balaban J connectivity index is 1.46. The van der Waals surface area contributed by atoms with Gasteiger partial charge in [0.05, 0.1) is 24.2 Å². The van der Waals surface area contributed by atoms with Crippen molar-refractivity contribution in [2.45, 2.75) is 25.9 Å². The van der Waals surface area contributed by atoms with E-state index in [1.54, 1.807) is 6.20 Å². The maximum Gasteiger partial charge on any atom is 0.243 e. The number of H-pyrrole nitrogens is 1. The van der Waals surface area contributed by atoms with Crippen LogP contribution in [0.15, 0.2) is 53.8 Å². The van der Waals surface area contributed by atoms with Gasteiger partial charge in [-0.2, -0.15) is 0 Å². The predicted octanol–water partition coefficient (Wildman–Crippen LogP) is 3.85. The van der Waals surface area contributed by atoms with Crippen molar-refractivity contribution in [3.63, 3.8) is 0 Å². The molecule has 1 heterocycles. The number of aromatic amines is 1. The molecule has 29 heavy (non-hydrogen) atoms. The third-order valence-electron chi connectivity index (χ3n) is 4.36. The summed E-state index contributed by atoms with van der Waals surface area (Å²) in [5.41, 5.74) is 5.89. The van der Waals surface area contributed by atoms with Gasteiger partial charge in [-0.05, 0) is 37.5 Å². The summed E-state index contributed by atoms with van der Waals surface area (Å²) in [6, 6.07) is 13.9. The van der Waals surface area contributed by atoms with Crippen molar-refractivity contribution in [1.29, 1.82) is 0 Å². The Bertz CT molecular complexity index is 992. The molecular weight excluding hydrogens is 384 g/mol. The van der Waals surface area contributed by atoms with Crippen LogP contribution >= 0.6 is 11.8 Å². The molecule has 0 spiro atoms. The number of nitrogens with zero attached hydrogens (tertiary/aromatic N) is 1. The van der Waals surface area contributed by atoms with Crippen LogP contribution in [-0.2, 0) is 9.59 Å². The molecule has 0 aliphatic heterocycles. The largest absolute Gasteiger partial charge is 0.346 e. The Morgan fingerprint density at radius 2 is 1.72 bits per heavy atom. The van der Waals surface area contributed by atoms with Gasteiger partial charge in [0.2, 0.25) is 11.8 Å². The molecule has 3 N–H and O–H groups in total. The molecule has 150 valence electrons. The Labute approximate surface area is 174 Å². The number of hydrogen-bond donors (Lipinski definition) is 3. The lowest BCUT2D eigenvalue weighted by molar-refractivity contribution is -0.122. The number of aryl methyl sites for hydroxylation is 3. The van der Waals surface area contributed by atoms with Gasteiger partial charge in [-0.1, -0.05) is 59.8 Å². The van der Waals surface area contributed by atoms with Gasteiger partial charge in [-0.3, -0.25) is 9.59 Å². The Kier molecular flexibility index (Phi) is 6.72.